The quantitative estimate of drug-likeness (QED) is 0.736. The highest BCUT2D eigenvalue weighted by molar-refractivity contribution is 5.85. The van der Waals surface area contributed by atoms with Gasteiger partial charge in [0.15, 0.2) is 0 Å². The zero-order valence-corrected chi connectivity index (χ0v) is 11.3. The van der Waals surface area contributed by atoms with E-state index in [-0.39, 0.29) is 10.9 Å². The second-order valence-electron chi connectivity index (χ2n) is 4.85. The summed E-state index contributed by atoms with van der Waals surface area (Å²) in [6.07, 6.45) is -3.05. The Bertz CT molecular complexity index is 423. The molecule has 3 amide bonds. The van der Waals surface area contributed by atoms with E-state index in [1.165, 1.54) is 0 Å². The van der Waals surface area contributed by atoms with Crippen LogP contribution in [0.2, 0.25) is 0 Å². The molecular formula is C11H16F3N3O4. The highest BCUT2D eigenvalue weighted by Crippen LogP contribution is 2.19. The molecule has 1 fully saturated rings. The zero-order valence-electron chi connectivity index (χ0n) is 11.3. The molecule has 0 aromatic rings. The molecule has 2 N–H and O–H groups in total. The van der Waals surface area contributed by atoms with E-state index in [0.29, 0.717) is 0 Å². The van der Waals surface area contributed by atoms with E-state index in [0.717, 1.165) is 24.8 Å². The Morgan fingerprint density at radius 3 is 2.24 bits per heavy atom. The van der Waals surface area contributed by atoms with Crippen LogP contribution in [0.5, 0.6) is 0 Å². The van der Waals surface area contributed by atoms with Crippen LogP contribution in [0.15, 0.2) is 0 Å². The van der Waals surface area contributed by atoms with E-state index < -0.39 is 43.7 Å². The molecule has 1 aliphatic rings. The molecule has 0 aromatic carbocycles. The van der Waals surface area contributed by atoms with Crippen LogP contribution >= 0.6 is 0 Å². The van der Waals surface area contributed by atoms with Crippen molar-refractivity contribution in [1.82, 2.24) is 15.1 Å². The summed E-state index contributed by atoms with van der Waals surface area (Å²) < 4.78 is 37.0. The minimum atomic E-state index is -4.72. The minimum Gasteiger partial charge on any atom is -0.480 e. The molecule has 0 saturated heterocycles. The van der Waals surface area contributed by atoms with Crippen LogP contribution in [0.3, 0.4) is 0 Å². The molecule has 0 spiro atoms. The van der Waals surface area contributed by atoms with Gasteiger partial charge in [-0.15, -0.1) is 0 Å². The maximum atomic E-state index is 12.3. The molecule has 7 nitrogen and oxygen atoms in total. The number of hydrogen-bond donors (Lipinski definition) is 2. The number of likely N-dealkylation sites (N-methyl/N-ethyl adjacent to an activating group) is 1. The fourth-order valence-electron chi connectivity index (χ4n) is 1.60. The third-order valence-electron chi connectivity index (χ3n) is 2.62. The lowest BCUT2D eigenvalue weighted by atomic mass is 10.4. The topological polar surface area (TPSA) is 90.0 Å². The predicted molar refractivity (Wildman–Crippen MR) is 64.5 cm³/mol. The first kappa shape index (κ1) is 17.1. The van der Waals surface area contributed by atoms with E-state index in [4.69, 9.17) is 5.11 Å². The maximum absolute atomic E-state index is 12.3. The first-order valence-corrected chi connectivity index (χ1v) is 6.16. The van der Waals surface area contributed by atoms with Gasteiger partial charge in [0.2, 0.25) is 5.91 Å². The molecule has 0 bridgehead atoms. The van der Waals surface area contributed by atoms with E-state index >= 15 is 0 Å². The maximum Gasteiger partial charge on any atom is 0.406 e. The number of nitrogens with one attached hydrogen (secondary N) is 1. The minimum absolute atomic E-state index is 0.0614. The number of hydrogen-bond acceptors (Lipinski definition) is 3. The summed E-state index contributed by atoms with van der Waals surface area (Å²) in [4.78, 5) is 34.7. The second-order valence-corrected chi connectivity index (χ2v) is 4.85. The molecule has 1 rings (SSSR count). The second kappa shape index (κ2) is 6.64. The van der Waals surface area contributed by atoms with Crippen LogP contribution < -0.4 is 5.32 Å². The molecule has 0 atom stereocenters. The molecule has 1 saturated carbocycles. The molecule has 1 aliphatic carbocycles. The summed E-state index contributed by atoms with van der Waals surface area (Å²) in [5.41, 5.74) is 0. The van der Waals surface area contributed by atoms with Crippen molar-refractivity contribution in [3.63, 3.8) is 0 Å². The van der Waals surface area contributed by atoms with Gasteiger partial charge in [0.25, 0.3) is 0 Å². The number of alkyl halides is 3. The number of urea groups is 1. The van der Waals surface area contributed by atoms with Gasteiger partial charge < -0.3 is 20.2 Å². The standard InChI is InChI=1S/C11H16F3N3O4/c1-16(4-8(18)15-7-2-3-7)10(21)17(5-9(19)20)6-11(12,13)14/h7H,2-6H2,1H3,(H,15,18)(H,19,20). The Kier molecular flexibility index (Phi) is 5.39. The van der Waals surface area contributed by atoms with Crippen molar-refractivity contribution in [3.8, 4) is 0 Å². The first-order valence-electron chi connectivity index (χ1n) is 6.16. The zero-order chi connectivity index (χ0) is 16.2. The van der Waals surface area contributed by atoms with Crippen molar-refractivity contribution in [2.24, 2.45) is 0 Å². The number of carbonyl (C=O) groups excluding carboxylic acids is 2. The summed E-state index contributed by atoms with van der Waals surface area (Å²) >= 11 is 0. The molecule has 0 aromatic heterocycles. The van der Waals surface area contributed by atoms with Crippen LogP contribution in [0.25, 0.3) is 0 Å². The van der Waals surface area contributed by atoms with Crippen molar-refractivity contribution in [2.75, 3.05) is 26.7 Å². The number of carboxylic acid groups (broad SMARTS) is 1. The Labute approximate surface area is 118 Å². The third-order valence-corrected chi connectivity index (χ3v) is 2.62. The Morgan fingerprint density at radius 1 is 1.24 bits per heavy atom. The van der Waals surface area contributed by atoms with Crippen molar-refractivity contribution in [3.05, 3.63) is 0 Å². The summed E-state index contributed by atoms with van der Waals surface area (Å²) in [6.45, 7) is -3.21. The molecule has 21 heavy (non-hydrogen) atoms. The van der Waals surface area contributed by atoms with Gasteiger partial charge in [-0.3, -0.25) is 9.59 Å². The van der Waals surface area contributed by atoms with Gasteiger partial charge >= 0.3 is 18.2 Å². The summed E-state index contributed by atoms with van der Waals surface area (Å²) in [5, 5.41) is 11.1. The van der Waals surface area contributed by atoms with Gasteiger partial charge in [0.1, 0.15) is 19.6 Å². The number of aliphatic carboxylic acids is 1. The van der Waals surface area contributed by atoms with Crippen LogP contribution in [0, 0.1) is 0 Å². The lowest BCUT2D eigenvalue weighted by Gasteiger charge is -2.27. The van der Waals surface area contributed by atoms with Crippen molar-refractivity contribution < 1.29 is 32.7 Å². The van der Waals surface area contributed by atoms with Gasteiger partial charge in [-0.25, -0.2) is 4.79 Å². The molecule has 0 unspecified atom stereocenters. The molecule has 120 valence electrons. The van der Waals surface area contributed by atoms with Gasteiger partial charge in [-0.2, -0.15) is 13.2 Å². The molecule has 0 radical (unpaired) electrons. The number of nitrogens with zero attached hydrogens (tertiary/aromatic N) is 2. The van der Waals surface area contributed by atoms with Crippen LogP contribution in [0.1, 0.15) is 12.8 Å². The first-order chi connectivity index (χ1) is 9.58. The number of carboxylic acids is 1. The van der Waals surface area contributed by atoms with Gasteiger partial charge in [0, 0.05) is 13.1 Å². The van der Waals surface area contributed by atoms with Crippen molar-refractivity contribution >= 4 is 17.9 Å². The predicted octanol–water partition coefficient (Wildman–Crippen LogP) is 0.266. The van der Waals surface area contributed by atoms with Crippen molar-refractivity contribution in [1.29, 1.82) is 0 Å². The Morgan fingerprint density at radius 2 is 1.81 bits per heavy atom. The van der Waals surface area contributed by atoms with Gasteiger partial charge in [0.05, 0.1) is 0 Å². The molecule has 0 heterocycles. The third kappa shape index (κ3) is 6.82. The summed E-state index contributed by atoms with van der Waals surface area (Å²) in [6, 6.07) is -1.10. The fraction of sp³-hybridized carbons (Fsp3) is 0.727. The van der Waals surface area contributed by atoms with E-state index in [1.807, 2.05) is 0 Å². The van der Waals surface area contributed by atoms with Crippen LogP contribution in [-0.2, 0) is 9.59 Å². The SMILES string of the molecule is CN(CC(=O)NC1CC1)C(=O)N(CC(=O)O)CC(F)(F)F. The lowest BCUT2D eigenvalue weighted by Crippen LogP contribution is -2.50. The fourth-order valence-corrected chi connectivity index (χ4v) is 1.60. The number of amides is 3. The lowest BCUT2D eigenvalue weighted by molar-refractivity contribution is -0.149. The Hall–Kier alpha value is -2.00. The average Bonchev–Trinajstić information content (AvgIpc) is 3.08. The monoisotopic (exact) mass is 311 g/mol. The average molecular weight is 311 g/mol. The summed E-state index contributed by atoms with van der Waals surface area (Å²) in [5.74, 6) is -2.06. The molecule has 10 heteroatoms. The van der Waals surface area contributed by atoms with Crippen molar-refractivity contribution in [2.45, 2.75) is 25.1 Å². The highest BCUT2D eigenvalue weighted by Gasteiger charge is 2.35. The van der Waals surface area contributed by atoms with Gasteiger partial charge in [-0.1, -0.05) is 0 Å². The van der Waals surface area contributed by atoms with E-state index in [9.17, 15) is 27.6 Å². The van der Waals surface area contributed by atoms with Crippen LogP contribution in [0.4, 0.5) is 18.0 Å². The normalized spacial score (nSPS) is 14.5. The number of carbonyl (C=O) groups is 3. The molecular weight excluding hydrogens is 295 g/mol. The van der Waals surface area contributed by atoms with Gasteiger partial charge in [-0.05, 0) is 12.8 Å². The number of rotatable bonds is 6. The summed E-state index contributed by atoms with van der Waals surface area (Å²) in [7, 11) is 1.14. The highest BCUT2D eigenvalue weighted by atomic mass is 19.4. The molecule has 0 aliphatic heterocycles. The smallest absolute Gasteiger partial charge is 0.406 e. The Balaban J connectivity index is 2.59. The van der Waals surface area contributed by atoms with Crippen LogP contribution in [-0.4, -0.2) is 71.7 Å². The largest absolute Gasteiger partial charge is 0.480 e. The van der Waals surface area contributed by atoms with E-state index in [2.05, 4.69) is 5.32 Å². The number of halogens is 3. The van der Waals surface area contributed by atoms with E-state index in [1.54, 1.807) is 0 Å².